The second-order valence-corrected chi connectivity index (χ2v) is 4.85. The van der Waals surface area contributed by atoms with Gasteiger partial charge in [-0.2, -0.15) is 0 Å². The molecule has 1 aromatic rings. The smallest absolute Gasteiger partial charge is 0.317 e. The van der Waals surface area contributed by atoms with Crippen molar-refractivity contribution in [2.24, 2.45) is 0 Å². The summed E-state index contributed by atoms with van der Waals surface area (Å²) in [5.74, 6) is 0.805. The molecule has 1 aliphatic rings. The van der Waals surface area contributed by atoms with E-state index in [2.05, 4.69) is 26.6 Å². The molecule has 0 atom stereocenters. The quantitative estimate of drug-likeness (QED) is 0.873. The van der Waals surface area contributed by atoms with Gasteiger partial charge in [0.1, 0.15) is 5.75 Å². The first kappa shape index (κ1) is 13.0. The van der Waals surface area contributed by atoms with E-state index >= 15 is 0 Å². The maximum Gasteiger partial charge on any atom is 0.317 e. The summed E-state index contributed by atoms with van der Waals surface area (Å²) in [6.45, 7) is 2.96. The van der Waals surface area contributed by atoms with Crippen LogP contribution in [0.1, 0.15) is 0 Å². The van der Waals surface area contributed by atoms with Crippen LogP contribution in [0.5, 0.6) is 5.75 Å². The number of halogens is 1. The third-order valence-electron chi connectivity index (χ3n) is 2.81. The van der Waals surface area contributed by atoms with Crippen molar-refractivity contribution in [3.05, 3.63) is 22.7 Å². The Balaban J connectivity index is 1.83. The minimum Gasteiger partial charge on any atom is -0.496 e. The van der Waals surface area contributed by atoms with Gasteiger partial charge in [-0.25, -0.2) is 4.79 Å². The first-order valence-corrected chi connectivity index (χ1v) is 6.60. The number of benzene rings is 1. The number of anilines is 1. The standard InChI is InChI=1S/C12H16BrN3O2/c1-18-11-3-2-9(8-10(11)13)14-4-6-16-7-5-15-12(16)17/h2-3,8,14H,4-7H2,1H3,(H,15,17). The lowest BCUT2D eigenvalue weighted by Crippen LogP contribution is -2.32. The van der Waals surface area contributed by atoms with Gasteiger partial charge < -0.3 is 20.3 Å². The van der Waals surface area contributed by atoms with E-state index in [1.54, 1.807) is 12.0 Å². The van der Waals surface area contributed by atoms with Crippen LogP contribution >= 0.6 is 15.9 Å². The number of hydrogen-bond donors (Lipinski definition) is 2. The molecule has 98 valence electrons. The molecule has 0 aromatic heterocycles. The summed E-state index contributed by atoms with van der Waals surface area (Å²) in [4.78, 5) is 13.1. The maximum absolute atomic E-state index is 11.3. The Hall–Kier alpha value is -1.43. The molecule has 0 saturated carbocycles. The summed E-state index contributed by atoms with van der Waals surface area (Å²) in [6.07, 6.45) is 0. The maximum atomic E-state index is 11.3. The van der Waals surface area contributed by atoms with Crippen LogP contribution in [0.15, 0.2) is 22.7 Å². The number of carbonyl (C=O) groups excluding carboxylic acids is 1. The zero-order valence-corrected chi connectivity index (χ0v) is 11.8. The molecule has 5 nitrogen and oxygen atoms in total. The Morgan fingerprint density at radius 2 is 2.39 bits per heavy atom. The Labute approximate surface area is 115 Å². The second-order valence-electron chi connectivity index (χ2n) is 4.00. The van der Waals surface area contributed by atoms with Crippen molar-refractivity contribution >= 4 is 27.6 Å². The second kappa shape index (κ2) is 5.95. The molecular formula is C12H16BrN3O2. The molecule has 2 N–H and O–H groups in total. The highest BCUT2D eigenvalue weighted by atomic mass is 79.9. The van der Waals surface area contributed by atoms with Gasteiger partial charge in [-0.3, -0.25) is 0 Å². The van der Waals surface area contributed by atoms with Crippen molar-refractivity contribution in [1.82, 2.24) is 10.2 Å². The van der Waals surface area contributed by atoms with E-state index in [4.69, 9.17) is 4.74 Å². The van der Waals surface area contributed by atoms with Crippen LogP contribution in [0.4, 0.5) is 10.5 Å². The Kier molecular flexibility index (Phi) is 4.30. The summed E-state index contributed by atoms with van der Waals surface area (Å²) < 4.78 is 6.08. The van der Waals surface area contributed by atoms with E-state index in [1.165, 1.54) is 0 Å². The van der Waals surface area contributed by atoms with Crippen LogP contribution < -0.4 is 15.4 Å². The molecule has 18 heavy (non-hydrogen) atoms. The number of carbonyl (C=O) groups is 1. The van der Waals surface area contributed by atoms with Crippen molar-refractivity contribution in [2.45, 2.75) is 0 Å². The Bertz CT molecular complexity index is 439. The van der Waals surface area contributed by atoms with Crippen molar-refractivity contribution in [2.75, 3.05) is 38.6 Å². The van der Waals surface area contributed by atoms with Crippen LogP contribution in [-0.4, -0.2) is 44.2 Å². The third kappa shape index (κ3) is 3.07. The molecule has 1 fully saturated rings. The molecule has 2 rings (SSSR count). The fourth-order valence-electron chi connectivity index (χ4n) is 1.84. The molecule has 2 amide bonds. The van der Waals surface area contributed by atoms with E-state index in [-0.39, 0.29) is 6.03 Å². The number of urea groups is 1. The fourth-order valence-corrected chi connectivity index (χ4v) is 2.38. The van der Waals surface area contributed by atoms with Gasteiger partial charge in [0.05, 0.1) is 11.6 Å². The minimum absolute atomic E-state index is 0.0210. The van der Waals surface area contributed by atoms with Crippen molar-refractivity contribution in [1.29, 1.82) is 0 Å². The SMILES string of the molecule is COc1ccc(NCCN2CCNC2=O)cc1Br. The van der Waals surface area contributed by atoms with Crippen LogP contribution in [-0.2, 0) is 0 Å². The van der Waals surface area contributed by atoms with Gasteiger partial charge in [0.25, 0.3) is 0 Å². The molecule has 0 unspecified atom stereocenters. The topological polar surface area (TPSA) is 53.6 Å². The highest BCUT2D eigenvalue weighted by molar-refractivity contribution is 9.10. The number of ether oxygens (including phenoxy) is 1. The summed E-state index contributed by atoms with van der Waals surface area (Å²) in [7, 11) is 1.64. The van der Waals surface area contributed by atoms with E-state index in [1.807, 2.05) is 18.2 Å². The molecular weight excluding hydrogens is 298 g/mol. The molecule has 1 aliphatic heterocycles. The van der Waals surface area contributed by atoms with Gasteiger partial charge in [-0.05, 0) is 34.1 Å². The predicted octanol–water partition coefficient (Wildman–Crippen LogP) is 1.89. The predicted molar refractivity (Wildman–Crippen MR) is 74.2 cm³/mol. The zero-order valence-electron chi connectivity index (χ0n) is 10.2. The largest absolute Gasteiger partial charge is 0.496 e. The lowest BCUT2D eigenvalue weighted by atomic mass is 10.3. The molecule has 1 heterocycles. The molecule has 1 saturated heterocycles. The Morgan fingerprint density at radius 3 is 3.00 bits per heavy atom. The van der Waals surface area contributed by atoms with Crippen LogP contribution in [0, 0.1) is 0 Å². The first-order chi connectivity index (χ1) is 8.70. The van der Waals surface area contributed by atoms with Crippen molar-refractivity contribution in [3.8, 4) is 5.75 Å². The zero-order chi connectivity index (χ0) is 13.0. The van der Waals surface area contributed by atoms with Gasteiger partial charge in [0, 0.05) is 31.9 Å². The summed E-state index contributed by atoms with van der Waals surface area (Å²) >= 11 is 3.44. The molecule has 1 aromatic carbocycles. The number of hydrogen-bond acceptors (Lipinski definition) is 3. The van der Waals surface area contributed by atoms with E-state index in [0.29, 0.717) is 6.54 Å². The van der Waals surface area contributed by atoms with Gasteiger partial charge >= 0.3 is 6.03 Å². The monoisotopic (exact) mass is 313 g/mol. The molecule has 6 heteroatoms. The van der Waals surface area contributed by atoms with E-state index in [9.17, 15) is 4.79 Å². The Morgan fingerprint density at radius 1 is 1.56 bits per heavy atom. The van der Waals surface area contributed by atoms with Crippen LogP contribution in [0.3, 0.4) is 0 Å². The highest BCUT2D eigenvalue weighted by Crippen LogP contribution is 2.27. The molecule has 0 aliphatic carbocycles. The lowest BCUT2D eigenvalue weighted by molar-refractivity contribution is 0.219. The molecule has 0 spiro atoms. The van der Waals surface area contributed by atoms with E-state index < -0.39 is 0 Å². The van der Waals surface area contributed by atoms with Crippen LogP contribution in [0.25, 0.3) is 0 Å². The van der Waals surface area contributed by atoms with Gasteiger partial charge in [0.15, 0.2) is 0 Å². The third-order valence-corrected chi connectivity index (χ3v) is 3.43. The van der Waals surface area contributed by atoms with Crippen molar-refractivity contribution in [3.63, 3.8) is 0 Å². The average Bonchev–Trinajstić information content (AvgIpc) is 2.75. The average molecular weight is 314 g/mol. The number of amides is 2. The first-order valence-electron chi connectivity index (χ1n) is 5.81. The van der Waals surface area contributed by atoms with Gasteiger partial charge in [-0.1, -0.05) is 0 Å². The summed E-state index contributed by atoms with van der Waals surface area (Å²) in [5.41, 5.74) is 1.00. The number of nitrogens with one attached hydrogen (secondary N) is 2. The highest BCUT2D eigenvalue weighted by Gasteiger charge is 2.18. The van der Waals surface area contributed by atoms with E-state index in [0.717, 1.165) is 35.5 Å². The minimum atomic E-state index is 0.0210. The lowest BCUT2D eigenvalue weighted by Gasteiger charge is -2.15. The molecule has 0 bridgehead atoms. The number of methoxy groups -OCH3 is 1. The molecule has 0 radical (unpaired) electrons. The van der Waals surface area contributed by atoms with Crippen molar-refractivity contribution < 1.29 is 9.53 Å². The fraction of sp³-hybridized carbons (Fsp3) is 0.417. The van der Waals surface area contributed by atoms with Crippen LogP contribution in [0.2, 0.25) is 0 Å². The van der Waals surface area contributed by atoms with Gasteiger partial charge in [0.2, 0.25) is 0 Å². The number of rotatable bonds is 5. The number of nitrogens with zero attached hydrogens (tertiary/aromatic N) is 1. The summed E-state index contributed by atoms with van der Waals surface area (Å²) in [5, 5.41) is 6.05. The normalized spacial score (nSPS) is 14.6. The summed E-state index contributed by atoms with van der Waals surface area (Å²) in [6, 6.07) is 5.83. The van der Waals surface area contributed by atoms with Gasteiger partial charge in [-0.15, -0.1) is 0 Å².